The maximum atomic E-state index is 5.98. The molecule has 0 bridgehead atoms. The fraction of sp³-hybridized carbons (Fsp3) is 1.00. The van der Waals surface area contributed by atoms with Gasteiger partial charge in [-0.25, -0.2) is 0 Å². The van der Waals surface area contributed by atoms with E-state index in [2.05, 4.69) is 36.9 Å². The molecule has 3 heteroatoms. The first kappa shape index (κ1) is 13.0. The Hall–Kier alpha value is 1.05. The summed E-state index contributed by atoms with van der Waals surface area (Å²) < 4.78 is 5.98. The van der Waals surface area contributed by atoms with Crippen molar-refractivity contribution in [1.29, 1.82) is 0 Å². The predicted octanol–water partition coefficient (Wildman–Crippen LogP) is 3.18. The molecule has 1 nitrogen and oxygen atoms in total. The van der Waals surface area contributed by atoms with Crippen molar-refractivity contribution >= 4 is 29.0 Å². The van der Waals surface area contributed by atoms with Crippen LogP contribution in [0.25, 0.3) is 0 Å². The van der Waals surface area contributed by atoms with Gasteiger partial charge in [0.2, 0.25) is 0 Å². The second kappa shape index (κ2) is 5.71. The zero-order valence-electron chi connectivity index (χ0n) is 9.32. The van der Waals surface area contributed by atoms with Gasteiger partial charge in [0, 0.05) is 0 Å². The fourth-order valence-electron chi connectivity index (χ4n) is 1.15. The van der Waals surface area contributed by atoms with Crippen LogP contribution in [0.4, 0.5) is 0 Å². The summed E-state index contributed by atoms with van der Waals surface area (Å²) in [4.78, 5) is 0. The Morgan fingerprint density at radius 1 is 1.08 bits per heavy atom. The third-order valence-corrected chi connectivity index (χ3v) is 6.35. The topological polar surface area (TPSA) is 9.23 Å². The van der Waals surface area contributed by atoms with Crippen molar-refractivity contribution in [2.75, 3.05) is 0 Å². The van der Waals surface area contributed by atoms with Crippen LogP contribution in [0, 0.1) is 0 Å². The maximum absolute atomic E-state index is 5.98. The SMILES string of the molecule is [CH3][Ge]([CH3])[CH2]CC(C)(C)[O][Ge]([CH3])[CH3]. The molecule has 72 valence electrons. The Balaban J connectivity index is 3.71. The van der Waals surface area contributed by atoms with E-state index in [9.17, 15) is 0 Å². The predicted molar refractivity (Wildman–Crippen MR) is 59.6 cm³/mol. The Morgan fingerprint density at radius 3 is 1.92 bits per heavy atom. The molecule has 2 radical (unpaired) electrons. The van der Waals surface area contributed by atoms with E-state index in [0.717, 1.165) is 0 Å². The number of rotatable bonds is 5. The van der Waals surface area contributed by atoms with Crippen LogP contribution >= 0.6 is 0 Å². The molecule has 12 heavy (non-hydrogen) atoms. The molecule has 0 heterocycles. The first-order valence-electron chi connectivity index (χ1n) is 4.62. The van der Waals surface area contributed by atoms with Crippen molar-refractivity contribution in [1.82, 2.24) is 0 Å². The van der Waals surface area contributed by atoms with Crippen LogP contribution < -0.4 is 0 Å². The molecule has 0 aliphatic heterocycles. The molecule has 0 unspecified atom stereocenters. The van der Waals surface area contributed by atoms with Crippen LogP contribution in [-0.4, -0.2) is 34.6 Å². The van der Waals surface area contributed by atoms with Gasteiger partial charge in [-0.3, -0.25) is 0 Å². The first-order chi connectivity index (χ1) is 5.33. The van der Waals surface area contributed by atoms with E-state index in [4.69, 9.17) is 3.76 Å². The van der Waals surface area contributed by atoms with Gasteiger partial charge >= 0.3 is 86.9 Å². The van der Waals surface area contributed by atoms with Crippen molar-refractivity contribution in [3.05, 3.63) is 0 Å². The monoisotopic (exact) mass is 294 g/mol. The Labute approximate surface area is 86.8 Å². The van der Waals surface area contributed by atoms with Crippen molar-refractivity contribution < 1.29 is 3.76 Å². The molecular weight excluding hydrogens is 269 g/mol. The van der Waals surface area contributed by atoms with E-state index in [1.807, 2.05) is 0 Å². The average molecular weight is 291 g/mol. The number of hydrogen-bond acceptors (Lipinski definition) is 1. The molecule has 0 amide bonds. The van der Waals surface area contributed by atoms with E-state index in [0.29, 0.717) is 0 Å². The summed E-state index contributed by atoms with van der Waals surface area (Å²) in [5.41, 5.74) is 0.170. The minimum atomic E-state index is -1.08. The van der Waals surface area contributed by atoms with E-state index in [1.54, 1.807) is 0 Å². The standard InChI is InChI=1S/C9H22Ge2O/c1-9(2,12-11(5)6)7-8-10(3)4/h7-8H2,1-6H3. The van der Waals surface area contributed by atoms with Gasteiger partial charge in [0.05, 0.1) is 0 Å². The number of hydrogen-bond donors (Lipinski definition) is 0. The molecule has 0 rings (SSSR count). The fourth-order valence-corrected chi connectivity index (χ4v) is 6.00. The van der Waals surface area contributed by atoms with Gasteiger partial charge in [0.25, 0.3) is 0 Å². The van der Waals surface area contributed by atoms with Crippen molar-refractivity contribution in [3.63, 3.8) is 0 Å². The van der Waals surface area contributed by atoms with Crippen LogP contribution in [0.3, 0.4) is 0 Å². The zero-order valence-corrected chi connectivity index (χ0v) is 13.5. The molecular formula is C9H22Ge2O. The second-order valence-corrected chi connectivity index (χ2v) is 14.8. The summed E-state index contributed by atoms with van der Waals surface area (Å²) >= 11 is -1.69. The molecule has 0 aromatic heterocycles. The van der Waals surface area contributed by atoms with E-state index >= 15 is 0 Å². The molecule has 0 aromatic carbocycles. The minimum absolute atomic E-state index is 0.170. The Bertz CT molecular complexity index is 122. The molecule has 0 saturated heterocycles. The first-order valence-corrected chi connectivity index (χ1v) is 15.3. The quantitative estimate of drug-likeness (QED) is 0.707. The third-order valence-electron chi connectivity index (χ3n) is 1.71. The summed E-state index contributed by atoms with van der Waals surface area (Å²) in [7, 11) is 0. The van der Waals surface area contributed by atoms with E-state index < -0.39 is 29.0 Å². The second-order valence-electron chi connectivity index (χ2n) is 4.48. The Morgan fingerprint density at radius 2 is 1.58 bits per heavy atom. The molecule has 0 aliphatic carbocycles. The van der Waals surface area contributed by atoms with Crippen LogP contribution in [0.15, 0.2) is 0 Å². The summed E-state index contributed by atoms with van der Waals surface area (Å²) in [5, 5.41) is 1.44. The van der Waals surface area contributed by atoms with Crippen molar-refractivity contribution in [3.8, 4) is 0 Å². The van der Waals surface area contributed by atoms with Crippen LogP contribution in [0.5, 0.6) is 0 Å². The summed E-state index contributed by atoms with van der Waals surface area (Å²) in [5.74, 6) is 9.42. The van der Waals surface area contributed by atoms with E-state index in [1.165, 1.54) is 11.7 Å². The molecule has 0 saturated carbocycles. The molecule has 0 aliphatic rings. The summed E-state index contributed by atoms with van der Waals surface area (Å²) in [6, 6.07) is 0. The van der Waals surface area contributed by atoms with Gasteiger partial charge < -0.3 is 0 Å². The van der Waals surface area contributed by atoms with Gasteiger partial charge in [-0.15, -0.1) is 0 Å². The van der Waals surface area contributed by atoms with E-state index in [-0.39, 0.29) is 5.60 Å². The third kappa shape index (κ3) is 7.68. The molecule has 0 fully saturated rings. The summed E-state index contributed by atoms with van der Waals surface area (Å²) in [6.07, 6.45) is 1.27. The Kier molecular flexibility index (Phi) is 6.21. The summed E-state index contributed by atoms with van der Waals surface area (Å²) in [6.45, 7) is 4.49. The van der Waals surface area contributed by atoms with Gasteiger partial charge in [-0.2, -0.15) is 0 Å². The van der Waals surface area contributed by atoms with Crippen LogP contribution in [0.1, 0.15) is 20.3 Å². The molecule has 0 spiro atoms. The van der Waals surface area contributed by atoms with Gasteiger partial charge in [-0.1, -0.05) is 0 Å². The molecule has 0 aromatic rings. The average Bonchev–Trinajstić information content (AvgIpc) is 1.81. The van der Waals surface area contributed by atoms with Gasteiger partial charge in [0.1, 0.15) is 0 Å². The van der Waals surface area contributed by atoms with Gasteiger partial charge in [-0.05, 0) is 0 Å². The zero-order chi connectivity index (χ0) is 9.78. The van der Waals surface area contributed by atoms with Gasteiger partial charge in [0.15, 0.2) is 0 Å². The van der Waals surface area contributed by atoms with Crippen LogP contribution in [-0.2, 0) is 3.76 Å². The van der Waals surface area contributed by atoms with Crippen molar-refractivity contribution in [2.24, 2.45) is 0 Å². The molecule has 0 N–H and O–H groups in total. The van der Waals surface area contributed by atoms with Crippen LogP contribution in [0.2, 0.25) is 28.3 Å². The normalized spacial score (nSPS) is 13.0. The van der Waals surface area contributed by atoms with Crippen molar-refractivity contribution in [2.45, 2.75) is 54.1 Å². The molecule has 0 atom stereocenters.